The Balaban J connectivity index is 1.77. The molecule has 1 fully saturated rings. The van der Waals surface area contributed by atoms with Gasteiger partial charge in [-0.25, -0.2) is 14.8 Å². The number of aromatic nitrogens is 3. The summed E-state index contributed by atoms with van der Waals surface area (Å²) in [5.74, 6) is 0.0220. The van der Waals surface area contributed by atoms with Gasteiger partial charge in [0, 0.05) is 47.0 Å². The number of amides is 2. The van der Waals surface area contributed by atoms with Crippen molar-refractivity contribution in [2.45, 2.75) is 84.3 Å². The van der Waals surface area contributed by atoms with E-state index in [1.54, 1.807) is 29.0 Å². The lowest BCUT2D eigenvalue weighted by atomic mass is 10.2. The average molecular weight is 550 g/mol. The van der Waals surface area contributed by atoms with Crippen LogP contribution >= 0.6 is 0 Å². The molecule has 212 valence electrons. The quantitative estimate of drug-likeness (QED) is 0.331. The average Bonchev–Trinajstić information content (AvgIpc) is 3.40. The number of carbonyl (C=O) groups is 2. The first-order chi connectivity index (χ1) is 17.8. The maximum absolute atomic E-state index is 13.1. The van der Waals surface area contributed by atoms with Gasteiger partial charge in [-0.2, -0.15) is 0 Å². The Morgan fingerprint density at radius 2 is 2.00 bits per heavy atom. The highest BCUT2D eigenvalue weighted by Gasteiger charge is 2.31. The van der Waals surface area contributed by atoms with Crippen LogP contribution in [-0.2, 0) is 20.9 Å². The van der Waals surface area contributed by atoms with Crippen LogP contribution in [0, 0.1) is 0 Å². The standard InChI is InChI=1S/C26H43N5O6Si/c1-18(16-34-5)28-24(32)20-15-31(17-35-11-12-38(6,7)8)23-22(20)29-21(13-27-23)36-19-9-10-30(14-19)25(33)37-26(2,3)4/h13,15,18-19H,9-12,14,16-17H2,1-8H3,(H,28,32)/t18-,19+/m0/s1. The SMILES string of the molecule is COC[C@H](C)NC(=O)c1cn(COCC[Si](C)(C)C)c2ncc(O[C@@H]3CCN(C(=O)OC(C)(C)C)C3)nc12. The first-order valence-corrected chi connectivity index (χ1v) is 16.8. The van der Waals surface area contributed by atoms with Crippen molar-refractivity contribution in [1.29, 1.82) is 0 Å². The van der Waals surface area contributed by atoms with E-state index in [4.69, 9.17) is 18.9 Å². The number of hydrogen-bond donors (Lipinski definition) is 1. The van der Waals surface area contributed by atoms with Crippen LogP contribution in [0.25, 0.3) is 11.2 Å². The maximum Gasteiger partial charge on any atom is 0.410 e. The fourth-order valence-corrected chi connectivity index (χ4v) is 4.74. The molecule has 0 radical (unpaired) electrons. The number of hydrogen-bond acceptors (Lipinski definition) is 8. The molecule has 3 heterocycles. The van der Waals surface area contributed by atoms with Crippen molar-refractivity contribution in [3.05, 3.63) is 18.0 Å². The normalized spacial score (nSPS) is 17.1. The second-order valence-electron chi connectivity index (χ2n) is 12.0. The van der Waals surface area contributed by atoms with E-state index >= 15 is 0 Å². The van der Waals surface area contributed by atoms with Crippen molar-refractivity contribution < 1.29 is 28.5 Å². The van der Waals surface area contributed by atoms with E-state index in [0.717, 1.165) is 6.04 Å². The first kappa shape index (κ1) is 29.8. The Morgan fingerprint density at radius 1 is 1.26 bits per heavy atom. The van der Waals surface area contributed by atoms with Crippen molar-refractivity contribution >= 4 is 31.2 Å². The van der Waals surface area contributed by atoms with Gasteiger partial charge < -0.3 is 33.7 Å². The van der Waals surface area contributed by atoms with Gasteiger partial charge >= 0.3 is 6.09 Å². The third-order valence-corrected chi connectivity index (χ3v) is 7.60. The largest absolute Gasteiger partial charge is 0.471 e. The summed E-state index contributed by atoms with van der Waals surface area (Å²) in [5, 5.41) is 2.94. The molecule has 0 saturated carbocycles. The molecule has 12 heteroatoms. The molecule has 2 aromatic heterocycles. The minimum absolute atomic E-state index is 0.177. The molecule has 1 saturated heterocycles. The third-order valence-electron chi connectivity index (χ3n) is 5.89. The summed E-state index contributed by atoms with van der Waals surface area (Å²) < 4.78 is 24.4. The van der Waals surface area contributed by atoms with Gasteiger partial charge in [0.25, 0.3) is 5.91 Å². The summed E-state index contributed by atoms with van der Waals surface area (Å²) in [5.41, 5.74) is 0.795. The summed E-state index contributed by atoms with van der Waals surface area (Å²) >= 11 is 0. The topological polar surface area (TPSA) is 117 Å². The van der Waals surface area contributed by atoms with E-state index in [-0.39, 0.29) is 30.9 Å². The van der Waals surface area contributed by atoms with Gasteiger partial charge in [-0.1, -0.05) is 19.6 Å². The van der Waals surface area contributed by atoms with E-state index in [9.17, 15) is 9.59 Å². The van der Waals surface area contributed by atoms with E-state index in [2.05, 4.69) is 34.9 Å². The molecular weight excluding hydrogens is 506 g/mol. The summed E-state index contributed by atoms with van der Waals surface area (Å²) in [6.45, 7) is 16.5. The monoisotopic (exact) mass is 549 g/mol. The fraction of sp³-hybridized carbons (Fsp3) is 0.692. The second kappa shape index (κ2) is 12.4. The highest BCUT2D eigenvalue weighted by Crippen LogP contribution is 2.24. The van der Waals surface area contributed by atoms with Crippen molar-refractivity contribution in [3.63, 3.8) is 0 Å². The van der Waals surface area contributed by atoms with Crippen LogP contribution in [0.2, 0.25) is 25.7 Å². The fourth-order valence-electron chi connectivity index (χ4n) is 3.98. The molecule has 38 heavy (non-hydrogen) atoms. The number of methoxy groups -OCH3 is 1. The molecule has 1 N–H and O–H groups in total. The molecule has 0 aliphatic carbocycles. The molecule has 11 nitrogen and oxygen atoms in total. The molecule has 1 aliphatic heterocycles. The minimum Gasteiger partial charge on any atom is -0.471 e. The van der Waals surface area contributed by atoms with Gasteiger partial charge in [-0.15, -0.1) is 0 Å². The summed E-state index contributed by atoms with van der Waals surface area (Å²) in [4.78, 5) is 36.4. The zero-order chi connectivity index (χ0) is 28.1. The highest BCUT2D eigenvalue weighted by molar-refractivity contribution is 6.76. The lowest BCUT2D eigenvalue weighted by molar-refractivity contribution is 0.0274. The molecule has 1 aliphatic rings. The molecular formula is C26H43N5O6Si. The van der Waals surface area contributed by atoms with Crippen LogP contribution in [0.3, 0.4) is 0 Å². The van der Waals surface area contributed by atoms with Crippen LogP contribution in [0.1, 0.15) is 44.5 Å². The third kappa shape index (κ3) is 8.67. The predicted octanol–water partition coefficient (Wildman–Crippen LogP) is 3.90. The molecule has 2 aromatic rings. The van der Waals surface area contributed by atoms with Crippen molar-refractivity contribution in [2.75, 3.05) is 33.4 Å². The van der Waals surface area contributed by atoms with Gasteiger partial charge in [0.2, 0.25) is 5.88 Å². The van der Waals surface area contributed by atoms with Crippen molar-refractivity contribution in [1.82, 2.24) is 24.8 Å². The van der Waals surface area contributed by atoms with E-state index in [1.165, 1.54) is 0 Å². The van der Waals surface area contributed by atoms with Gasteiger partial charge in [0.1, 0.15) is 24.0 Å². The Morgan fingerprint density at radius 3 is 2.66 bits per heavy atom. The van der Waals surface area contributed by atoms with Crippen molar-refractivity contribution in [2.24, 2.45) is 0 Å². The second-order valence-corrected chi connectivity index (χ2v) is 17.6. The maximum atomic E-state index is 13.1. The number of carbonyl (C=O) groups excluding carboxylic acids is 2. The Kier molecular flexibility index (Phi) is 9.77. The molecule has 0 unspecified atom stereocenters. The number of ether oxygens (including phenoxy) is 4. The Bertz CT molecular complexity index is 1110. The number of likely N-dealkylation sites (tertiary alicyclic amines) is 1. The zero-order valence-electron chi connectivity index (χ0n) is 24.0. The Hall–Kier alpha value is -2.70. The van der Waals surface area contributed by atoms with Crippen LogP contribution < -0.4 is 10.1 Å². The highest BCUT2D eigenvalue weighted by atomic mass is 28.3. The molecule has 2 atom stereocenters. The summed E-state index contributed by atoms with van der Waals surface area (Å²) in [6, 6.07) is 0.864. The lowest BCUT2D eigenvalue weighted by Gasteiger charge is -2.24. The van der Waals surface area contributed by atoms with Crippen LogP contribution in [0.5, 0.6) is 5.88 Å². The number of nitrogens with zero attached hydrogens (tertiary/aromatic N) is 4. The van der Waals surface area contributed by atoms with Gasteiger partial charge in [0.15, 0.2) is 5.65 Å². The summed E-state index contributed by atoms with van der Waals surface area (Å²) in [6.07, 6.45) is 3.30. The molecule has 0 spiro atoms. The van der Waals surface area contributed by atoms with Crippen LogP contribution in [0.4, 0.5) is 4.79 Å². The number of fused-ring (bicyclic) bond motifs is 1. The van der Waals surface area contributed by atoms with Crippen LogP contribution in [0.15, 0.2) is 12.4 Å². The van der Waals surface area contributed by atoms with E-state index < -0.39 is 13.7 Å². The molecule has 0 bridgehead atoms. The van der Waals surface area contributed by atoms with E-state index in [0.29, 0.717) is 55.3 Å². The molecule has 0 aromatic carbocycles. The van der Waals surface area contributed by atoms with Crippen molar-refractivity contribution in [3.8, 4) is 5.88 Å². The van der Waals surface area contributed by atoms with E-state index in [1.807, 2.05) is 27.7 Å². The molecule has 2 amide bonds. The number of nitrogens with one attached hydrogen (secondary N) is 1. The van der Waals surface area contributed by atoms with Gasteiger partial charge in [-0.05, 0) is 33.7 Å². The van der Waals surface area contributed by atoms with Gasteiger partial charge in [-0.3, -0.25) is 4.79 Å². The van der Waals surface area contributed by atoms with Crippen LogP contribution in [-0.4, -0.2) is 90.7 Å². The predicted molar refractivity (Wildman–Crippen MR) is 147 cm³/mol. The first-order valence-electron chi connectivity index (χ1n) is 13.1. The lowest BCUT2D eigenvalue weighted by Crippen LogP contribution is -2.36. The van der Waals surface area contributed by atoms with Gasteiger partial charge in [0.05, 0.1) is 24.9 Å². The Labute approximate surface area is 226 Å². The number of rotatable bonds is 11. The molecule has 3 rings (SSSR count). The minimum atomic E-state index is -1.22. The smallest absolute Gasteiger partial charge is 0.410 e. The summed E-state index contributed by atoms with van der Waals surface area (Å²) in [7, 11) is 0.367. The zero-order valence-corrected chi connectivity index (χ0v) is 25.0.